The van der Waals surface area contributed by atoms with Gasteiger partial charge in [0.15, 0.2) is 0 Å². The fourth-order valence-electron chi connectivity index (χ4n) is 0. The number of hydrogen-bond donors (Lipinski definition) is 0. The third kappa shape index (κ3) is 17.9. The van der Waals surface area contributed by atoms with Crippen LogP contribution in [0.15, 0.2) is 0 Å². The van der Waals surface area contributed by atoms with Crippen molar-refractivity contribution in [3.63, 3.8) is 0 Å². The van der Waals surface area contributed by atoms with Crippen molar-refractivity contribution in [3.8, 4) is 0 Å². The summed E-state index contributed by atoms with van der Waals surface area (Å²) in [6.45, 7) is 0. The molecular formula is H2BaCeYYbZr. The van der Waals surface area contributed by atoms with Crippen LogP contribution in [-0.2, 0) is 58.9 Å². The first kappa shape index (κ1) is 30.1. The minimum Gasteiger partial charge on any atom is -1.00 e. The molecule has 0 N–H and O–H groups in total. The van der Waals surface area contributed by atoms with Gasteiger partial charge in [0.1, 0.15) is 0 Å². The summed E-state index contributed by atoms with van der Waals surface area (Å²) >= 11 is 0. The van der Waals surface area contributed by atoms with Gasteiger partial charge in [-0.2, -0.15) is 0 Å². The largest absolute Gasteiger partial charge is 2.00 e. The van der Waals surface area contributed by atoms with Crippen LogP contribution in [0.1, 0.15) is 2.85 Å². The van der Waals surface area contributed by atoms with Gasteiger partial charge in [-0.15, -0.1) is 0 Å². The van der Waals surface area contributed by atoms with Crippen LogP contribution in [0, 0.1) is 88.7 Å². The van der Waals surface area contributed by atoms with E-state index in [1.54, 1.807) is 0 Å². The topological polar surface area (TPSA) is 0 Å². The molecule has 0 heterocycles. The van der Waals surface area contributed by atoms with Crippen LogP contribution in [0.3, 0.4) is 0 Å². The van der Waals surface area contributed by atoms with E-state index in [0.717, 1.165) is 0 Å². The molecule has 1 radical (unpaired) electrons. The van der Waals surface area contributed by atoms with Gasteiger partial charge >= 0.3 is 48.9 Å². The summed E-state index contributed by atoms with van der Waals surface area (Å²) in [5.41, 5.74) is 0. The monoisotopic (exact) mass is 633 g/mol. The van der Waals surface area contributed by atoms with Crippen LogP contribution in [-0.4, -0.2) is 48.9 Å². The molecule has 0 rings (SSSR count). The Morgan fingerprint density at radius 1 is 1.20 bits per heavy atom. The van der Waals surface area contributed by atoms with Crippen LogP contribution in [0.4, 0.5) is 0 Å². The van der Waals surface area contributed by atoms with Gasteiger partial charge in [0.05, 0.1) is 0 Å². The van der Waals surface area contributed by atoms with Crippen molar-refractivity contribution >= 4 is 48.9 Å². The van der Waals surface area contributed by atoms with Crippen molar-refractivity contribution in [2.24, 2.45) is 0 Å². The van der Waals surface area contributed by atoms with Crippen molar-refractivity contribution < 1.29 is 150 Å². The third-order valence-electron chi connectivity index (χ3n) is 0. The maximum absolute atomic E-state index is 0. The van der Waals surface area contributed by atoms with Crippen molar-refractivity contribution in [1.82, 2.24) is 0 Å². The number of rotatable bonds is 0. The molecule has 0 aliphatic carbocycles. The predicted molar refractivity (Wildman–Crippen MR) is 7.98 cm³/mol. The van der Waals surface area contributed by atoms with E-state index in [4.69, 9.17) is 0 Å². The van der Waals surface area contributed by atoms with E-state index in [2.05, 4.69) is 0 Å². The van der Waals surface area contributed by atoms with Crippen LogP contribution >= 0.6 is 0 Å². The smallest absolute Gasteiger partial charge is 1.00 e. The summed E-state index contributed by atoms with van der Waals surface area (Å²) in [6, 6.07) is 0. The molecule has 5 heteroatoms. The molecule has 0 spiro atoms. The summed E-state index contributed by atoms with van der Waals surface area (Å²) < 4.78 is 0. The normalized spacial score (nSPS) is 0. The first-order valence-electron chi connectivity index (χ1n) is 0. The minimum atomic E-state index is 0. The Kier molecular flexibility index (Phi) is 135. The van der Waals surface area contributed by atoms with E-state index in [0.29, 0.717) is 0 Å². The zero-order chi connectivity index (χ0) is 0. The fourth-order valence-corrected chi connectivity index (χ4v) is 0. The molecule has 0 aromatic carbocycles. The van der Waals surface area contributed by atoms with Gasteiger partial charge in [0.25, 0.3) is 0 Å². The SMILES string of the molecule is [Ba+2].[Ce].[H-].[H-].[Y].[Yb].[Zr]. The van der Waals surface area contributed by atoms with Crippen molar-refractivity contribution in [3.05, 3.63) is 0 Å². The molecule has 0 bridgehead atoms. The van der Waals surface area contributed by atoms with E-state index in [1.165, 1.54) is 0 Å². The Balaban J connectivity index is 0. The summed E-state index contributed by atoms with van der Waals surface area (Å²) in [5, 5.41) is 0. The summed E-state index contributed by atoms with van der Waals surface area (Å²) in [5.74, 6) is 0. The predicted octanol–water partition coefficient (Wildman–Crippen LogP) is -0.161. The molecule has 0 nitrogen and oxygen atoms in total. The second-order valence-corrected chi connectivity index (χ2v) is 0. The summed E-state index contributed by atoms with van der Waals surface area (Å²) in [6.07, 6.45) is 0. The Hall–Kier alpha value is 6.45. The first-order valence-corrected chi connectivity index (χ1v) is 0. The van der Waals surface area contributed by atoms with Gasteiger partial charge < -0.3 is 2.85 Å². The molecule has 0 saturated heterocycles. The molecule has 29 valence electrons. The van der Waals surface area contributed by atoms with Crippen LogP contribution < -0.4 is 0 Å². The Bertz CT molecular complexity index is 17.7. The standard InChI is InChI=1S/Ba.Ce.Y.Yb.Zr.2H/q+2;;;;;2*-1. The molecular weight excluding hydrogens is 631 g/mol. The molecule has 0 saturated carbocycles. The van der Waals surface area contributed by atoms with Crippen LogP contribution in [0.5, 0.6) is 0 Å². The van der Waals surface area contributed by atoms with Gasteiger partial charge in [-0.25, -0.2) is 0 Å². The maximum Gasteiger partial charge on any atom is 2.00 e. The fraction of sp³-hybridized carbons (Fsp3) is 0. The molecule has 0 aromatic heterocycles. The third-order valence-corrected chi connectivity index (χ3v) is 0. The van der Waals surface area contributed by atoms with Gasteiger partial charge in [-0.3, -0.25) is 0 Å². The summed E-state index contributed by atoms with van der Waals surface area (Å²) in [4.78, 5) is 0. The van der Waals surface area contributed by atoms with Crippen LogP contribution in [0.2, 0.25) is 0 Å². The van der Waals surface area contributed by atoms with E-state index >= 15 is 0 Å². The number of hydrogen-bond acceptors (Lipinski definition) is 0. The van der Waals surface area contributed by atoms with E-state index in [-0.39, 0.29) is 199 Å². The van der Waals surface area contributed by atoms with E-state index in [9.17, 15) is 0 Å². The Morgan fingerprint density at radius 3 is 1.20 bits per heavy atom. The molecule has 0 atom stereocenters. The molecule has 0 aliphatic heterocycles. The molecule has 0 fully saturated rings. The van der Waals surface area contributed by atoms with Gasteiger partial charge in [-0.1, -0.05) is 0 Å². The van der Waals surface area contributed by atoms with Crippen molar-refractivity contribution in [1.29, 1.82) is 0 Å². The van der Waals surface area contributed by atoms with E-state index < -0.39 is 0 Å². The first-order chi connectivity index (χ1) is 0. The maximum atomic E-state index is 0. The quantitative estimate of drug-likeness (QED) is 0.326. The Labute approximate surface area is 192 Å². The second kappa shape index (κ2) is 22.4. The van der Waals surface area contributed by atoms with Gasteiger partial charge in [0, 0.05) is 148 Å². The average molecular weight is 633 g/mol. The molecule has 0 aromatic rings. The zero-order valence-corrected chi connectivity index (χ0v) is 17.1. The van der Waals surface area contributed by atoms with Crippen molar-refractivity contribution in [2.45, 2.75) is 0 Å². The van der Waals surface area contributed by atoms with Gasteiger partial charge in [0.2, 0.25) is 0 Å². The van der Waals surface area contributed by atoms with Crippen LogP contribution in [0.25, 0.3) is 0 Å². The summed E-state index contributed by atoms with van der Waals surface area (Å²) in [7, 11) is 0. The zero-order valence-electron chi connectivity index (χ0n) is 4.55. The molecule has 5 heavy (non-hydrogen) atoms. The molecule has 0 amide bonds. The Morgan fingerprint density at radius 2 is 1.20 bits per heavy atom. The minimum absolute atomic E-state index is 0. The second-order valence-electron chi connectivity index (χ2n) is 0. The average Bonchev–Trinajstić information content (AvgIpc) is 0. The molecule has 0 aliphatic rings. The molecule has 0 unspecified atom stereocenters. The van der Waals surface area contributed by atoms with Gasteiger partial charge in [-0.05, 0) is 0 Å². The van der Waals surface area contributed by atoms with Crippen molar-refractivity contribution in [2.75, 3.05) is 0 Å². The van der Waals surface area contributed by atoms with E-state index in [1.807, 2.05) is 0 Å².